The van der Waals surface area contributed by atoms with E-state index >= 15 is 0 Å². The highest BCUT2D eigenvalue weighted by atomic mass is 16.2. The summed E-state index contributed by atoms with van der Waals surface area (Å²) in [7, 11) is 0. The number of fused-ring (bicyclic) bond motifs is 1. The number of para-hydroxylation sites is 1. The fourth-order valence-electron chi connectivity index (χ4n) is 2.55. The van der Waals surface area contributed by atoms with Crippen molar-refractivity contribution in [2.45, 2.75) is 13.3 Å². The van der Waals surface area contributed by atoms with Crippen LogP contribution in [-0.2, 0) is 11.2 Å². The van der Waals surface area contributed by atoms with Crippen LogP contribution in [0.5, 0.6) is 0 Å². The Kier molecular flexibility index (Phi) is 5.39. The lowest BCUT2D eigenvalue weighted by molar-refractivity contribution is -0.117. The minimum absolute atomic E-state index is 0.360. The number of carbonyl (C=O) groups is 2. The molecule has 0 saturated carbocycles. The number of hydrogen-bond donors (Lipinski definition) is 2. The van der Waals surface area contributed by atoms with Gasteiger partial charge in [0, 0.05) is 28.8 Å². The highest BCUT2D eigenvalue weighted by molar-refractivity contribution is 5.99. The van der Waals surface area contributed by atoms with Gasteiger partial charge in [-0.3, -0.25) is 25.4 Å². The Bertz CT molecular complexity index is 957. The molecule has 0 saturated heterocycles. The molecule has 1 aromatic heterocycles. The Morgan fingerprint density at radius 2 is 1.77 bits per heavy atom. The van der Waals surface area contributed by atoms with Crippen molar-refractivity contribution in [3.05, 3.63) is 83.6 Å². The van der Waals surface area contributed by atoms with Gasteiger partial charge in [-0.15, -0.1) is 0 Å². The van der Waals surface area contributed by atoms with Crippen LogP contribution >= 0.6 is 0 Å². The third-order valence-corrected chi connectivity index (χ3v) is 4.00. The zero-order valence-corrected chi connectivity index (χ0v) is 14.4. The van der Waals surface area contributed by atoms with Crippen molar-refractivity contribution >= 4 is 28.8 Å². The predicted octanol–water partition coefficient (Wildman–Crippen LogP) is 3.27. The van der Waals surface area contributed by atoms with Crippen molar-refractivity contribution in [2.75, 3.05) is 0 Å². The van der Waals surface area contributed by atoms with E-state index in [1.54, 1.807) is 24.4 Å². The Morgan fingerprint density at radius 1 is 1.00 bits per heavy atom. The van der Waals surface area contributed by atoms with E-state index in [4.69, 9.17) is 0 Å². The molecule has 0 aliphatic heterocycles. The number of amides is 2. The van der Waals surface area contributed by atoms with Gasteiger partial charge >= 0.3 is 0 Å². The van der Waals surface area contributed by atoms with E-state index in [0.717, 1.165) is 28.5 Å². The number of nitrogens with one attached hydrogen (secondary N) is 2. The summed E-state index contributed by atoms with van der Waals surface area (Å²) in [6.07, 6.45) is 5.66. The molecule has 3 rings (SSSR count). The molecule has 0 aliphatic rings. The van der Waals surface area contributed by atoms with Gasteiger partial charge in [0.25, 0.3) is 11.8 Å². The first-order chi connectivity index (χ1) is 12.7. The van der Waals surface area contributed by atoms with Crippen molar-refractivity contribution in [2.24, 2.45) is 0 Å². The molecule has 2 amide bonds. The number of carbonyl (C=O) groups excluding carboxylic acids is 2. The summed E-state index contributed by atoms with van der Waals surface area (Å²) in [4.78, 5) is 28.3. The molecule has 0 radical (unpaired) electrons. The molecule has 5 nitrogen and oxygen atoms in total. The molecular weight excluding hydrogens is 326 g/mol. The standard InChI is InChI=1S/C21H19N3O2/c1-2-15-8-10-18(11-9-15)21(26)24-23-19(25)13-12-17-6-3-5-16-7-4-14-22-20(16)17/h3-14H,2H2,1H3,(H,23,25)(H,24,26)/b13-12+. The Balaban J connectivity index is 1.61. The molecule has 2 N–H and O–H groups in total. The van der Waals surface area contributed by atoms with Crippen LogP contribution in [0.25, 0.3) is 17.0 Å². The SMILES string of the molecule is CCc1ccc(C(=O)NNC(=O)/C=C/c2cccc3cccnc23)cc1. The highest BCUT2D eigenvalue weighted by Crippen LogP contribution is 2.16. The lowest BCUT2D eigenvalue weighted by atomic mass is 10.1. The third-order valence-electron chi connectivity index (χ3n) is 4.00. The number of hydrogen-bond acceptors (Lipinski definition) is 3. The molecule has 3 aromatic rings. The molecule has 2 aromatic carbocycles. The lowest BCUT2D eigenvalue weighted by Gasteiger charge is -2.06. The number of nitrogens with zero attached hydrogens (tertiary/aromatic N) is 1. The monoisotopic (exact) mass is 345 g/mol. The van der Waals surface area contributed by atoms with E-state index in [1.807, 2.05) is 49.4 Å². The summed E-state index contributed by atoms with van der Waals surface area (Å²) in [5.41, 5.74) is 8.08. The minimum atomic E-state index is -0.420. The fourth-order valence-corrected chi connectivity index (χ4v) is 2.55. The first-order valence-electron chi connectivity index (χ1n) is 8.38. The van der Waals surface area contributed by atoms with Crippen LogP contribution in [0.1, 0.15) is 28.4 Å². The lowest BCUT2D eigenvalue weighted by Crippen LogP contribution is -2.40. The average Bonchev–Trinajstić information content (AvgIpc) is 2.70. The zero-order valence-electron chi connectivity index (χ0n) is 14.4. The number of rotatable bonds is 4. The quantitative estimate of drug-likeness (QED) is 0.563. The van der Waals surface area contributed by atoms with Gasteiger partial charge < -0.3 is 0 Å². The van der Waals surface area contributed by atoms with E-state index < -0.39 is 5.91 Å². The summed E-state index contributed by atoms with van der Waals surface area (Å²) in [5, 5.41) is 0.999. The molecule has 5 heteroatoms. The molecular formula is C21H19N3O2. The first-order valence-corrected chi connectivity index (χ1v) is 8.38. The molecule has 0 atom stereocenters. The molecule has 26 heavy (non-hydrogen) atoms. The normalized spacial score (nSPS) is 10.8. The molecule has 0 aliphatic carbocycles. The second-order valence-electron chi connectivity index (χ2n) is 5.75. The van der Waals surface area contributed by atoms with Crippen LogP contribution in [0.3, 0.4) is 0 Å². The Morgan fingerprint density at radius 3 is 2.54 bits per heavy atom. The summed E-state index contributed by atoms with van der Waals surface area (Å²) in [6, 6.07) is 16.8. The predicted molar refractivity (Wildman–Crippen MR) is 102 cm³/mol. The van der Waals surface area contributed by atoms with Crippen LogP contribution in [-0.4, -0.2) is 16.8 Å². The fraction of sp³-hybridized carbons (Fsp3) is 0.0952. The maximum Gasteiger partial charge on any atom is 0.269 e. The van der Waals surface area contributed by atoms with E-state index in [2.05, 4.69) is 15.8 Å². The third kappa shape index (κ3) is 4.13. The van der Waals surface area contributed by atoms with Gasteiger partial charge in [-0.2, -0.15) is 0 Å². The second kappa shape index (κ2) is 8.07. The average molecular weight is 345 g/mol. The van der Waals surface area contributed by atoms with Crippen molar-refractivity contribution in [1.29, 1.82) is 0 Å². The Hall–Kier alpha value is -3.47. The van der Waals surface area contributed by atoms with Crippen LogP contribution < -0.4 is 10.9 Å². The van der Waals surface area contributed by atoms with Gasteiger partial charge in [-0.1, -0.05) is 43.3 Å². The van der Waals surface area contributed by atoms with Gasteiger partial charge in [-0.25, -0.2) is 0 Å². The number of aromatic nitrogens is 1. The van der Waals surface area contributed by atoms with Gasteiger partial charge in [0.15, 0.2) is 0 Å². The maximum atomic E-state index is 12.0. The summed E-state index contributed by atoms with van der Waals surface area (Å²) < 4.78 is 0. The molecule has 0 bridgehead atoms. The zero-order chi connectivity index (χ0) is 18.4. The highest BCUT2D eigenvalue weighted by Gasteiger charge is 2.06. The number of aryl methyl sites for hydroxylation is 1. The maximum absolute atomic E-state index is 12.0. The van der Waals surface area contributed by atoms with Crippen molar-refractivity contribution in [3.63, 3.8) is 0 Å². The number of hydrazine groups is 1. The van der Waals surface area contributed by atoms with Crippen LogP contribution in [0.15, 0.2) is 66.9 Å². The van der Waals surface area contributed by atoms with Crippen LogP contribution in [0.2, 0.25) is 0 Å². The smallest absolute Gasteiger partial charge is 0.268 e. The molecule has 0 fully saturated rings. The first kappa shape index (κ1) is 17.4. The van der Waals surface area contributed by atoms with Crippen molar-refractivity contribution in [3.8, 4) is 0 Å². The van der Waals surface area contributed by atoms with Gasteiger partial charge in [0.05, 0.1) is 5.52 Å². The van der Waals surface area contributed by atoms with E-state index in [-0.39, 0.29) is 5.91 Å². The van der Waals surface area contributed by atoms with Crippen molar-refractivity contribution < 1.29 is 9.59 Å². The molecule has 1 heterocycles. The number of pyridine rings is 1. The van der Waals surface area contributed by atoms with Crippen molar-refractivity contribution in [1.82, 2.24) is 15.8 Å². The Labute approximate surface area is 151 Å². The van der Waals surface area contributed by atoms with Gasteiger partial charge in [0.2, 0.25) is 0 Å². The molecule has 0 unspecified atom stereocenters. The largest absolute Gasteiger partial charge is 0.269 e. The van der Waals surface area contributed by atoms with E-state index in [1.165, 1.54) is 6.08 Å². The number of benzene rings is 2. The molecule has 130 valence electrons. The van der Waals surface area contributed by atoms with Gasteiger partial charge in [-0.05, 0) is 36.3 Å². The van der Waals surface area contributed by atoms with Crippen LogP contribution in [0.4, 0.5) is 0 Å². The molecule has 0 spiro atoms. The van der Waals surface area contributed by atoms with Crippen LogP contribution in [0, 0.1) is 0 Å². The summed E-state index contributed by atoms with van der Waals surface area (Å²) in [6.45, 7) is 2.05. The second-order valence-corrected chi connectivity index (χ2v) is 5.75. The van der Waals surface area contributed by atoms with Gasteiger partial charge in [0.1, 0.15) is 0 Å². The topological polar surface area (TPSA) is 71.1 Å². The minimum Gasteiger partial charge on any atom is -0.268 e. The summed E-state index contributed by atoms with van der Waals surface area (Å²) in [5.74, 6) is -0.780. The van der Waals surface area contributed by atoms with E-state index in [9.17, 15) is 9.59 Å². The summed E-state index contributed by atoms with van der Waals surface area (Å²) >= 11 is 0. The van der Waals surface area contributed by atoms with E-state index in [0.29, 0.717) is 5.56 Å².